The van der Waals surface area contributed by atoms with Crippen LogP contribution in [0.1, 0.15) is 31.4 Å². The molecule has 0 aliphatic heterocycles. The first kappa shape index (κ1) is 19.5. The fourth-order valence-corrected chi connectivity index (χ4v) is 2.33. The van der Waals surface area contributed by atoms with Crippen LogP contribution in [0, 0.1) is 0 Å². The molecular formula is C21H26N2O3. The normalized spacial score (nSPS) is 11.1. The molecule has 5 nitrogen and oxygen atoms in total. The number of carbonyl (C=O) groups excluding carboxylic acids is 1. The largest absolute Gasteiger partial charge is 0.497 e. The van der Waals surface area contributed by atoms with Gasteiger partial charge in [-0.05, 0) is 61.6 Å². The van der Waals surface area contributed by atoms with Crippen LogP contribution < -0.4 is 14.9 Å². The Hall–Kier alpha value is -2.82. The molecule has 2 aromatic carbocycles. The van der Waals surface area contributed by atoms with Gasteiger partial charge in [0.25, 0.3) is 5.91 Å². The molecule has 0 saturated heterocycles. The lowest BCUT2D eigenvalue weighted by atomic mass is 10.1. The summed E-state index contributed by atoms with van der Waals surface area (Å²) in [5, 5.41) is 4.12. The molecular weight excluding hydrogens is 328 g/mol. The van der Waals surface area contributed by atoms with Gasteiger partial charge in [-0.3, -0.25) is 4.79 Å². The monoisotopic (exact) mass is 354 g/mol. The van der Waals surface area contributed by atoms with Crippen LogP contribution in [-0.4, -0.2) is 25.3 Å². The van der Waals surface area contributed by atoms with Crippen LogP contribution in [0.5, 0.6) is 11.5 Å². The topological polar surface area (TPSA) is 59.9 Å². The van der Waals surface area contributed by atoms with Gasteiger partial charge < -0.3 is 9.47 Å². The van der Waals surface area contributed by atoms with Crippen molar-refractivity contribution in [2.24, 2.45) is 5.10 Å². The molecule has 0 aliphatic rings. The molecule has 0 fully saturated rings. The summed E-state index contributed by atoms with van der Waals surface area (Å²) in [6.07, 6.45) is 2.60. The molecule has 0 aliphatic carbocycles. The summed E-state index contributed by atoms with van der Waals surface area (Å²) >= 11 is 0. The number of hydrogen-bond donors (Lipinski definition) is 1. The molecule has 0 unspecified atom stereocenters. The molecule has 1 N–H and O–H groups in total. The van der Waals surface area contributed by atoms with Crippen LogP contribution in [0.3, 0.4) is 0 Å². The number of amides is 1. The van der Waals surface area contributed by atoms with Crippen molar-refractivity contribution in [3.05, 3.63) is 59.7 Å². The Morgan fingerprint density at radius 3 is 2.23 bits per heavy atom. The average molecular weight is 354 g/mol. The second-order valence-corrected chi connectivity index (χ2v) is 6.02. The van der Waals surface area contributed by atoms with Gasteiger partial charge >= 0.3 is 0 Å². The average Bonchev–Trinajstić information content (AvgIpc) is 2.69. The number of aryl methyl sites for hydroxylation is 2. The summed E-state index contributed by atoms with van der Waals surface area (Å²) < 4.78 is 10.6. The van der Waals surface area contributed by atoms with E-state index < -0.39 is 0 Å². The number of ether oxygens (including phenoxy) is 2. The van der Waals surface area contributed by atoms with Crippen molar-refractivity contribution in [1.82, 2.24) is 5.43 Å². The van der Waals surface area contributed by atoms with Crippen molar-refractivity contribution in [3.8, 4) is 11.5 Å². The lowest BCUT2D eigenvalue weighted by molar-refractivity contribution is -0.123. The quantitative estimate of drug-likeness (QED) is 0.551. The van der Waals surface area contributed by atoms with Crippen molar-refractivity contribution in [3.63, 3.8) is 0 Å². The molecule has 2 rings (SSSR count). The first-order valence-corrected chi connectivity index (χ1v) is 8.77. The molecule has 0 atom stereocenters. The van der Waals surface area contributed by atoms with Crippen molar-refractivity contribution in [2.75, 3.05) is 13.7 Å². The Kier molecular flexibility index (Phi) is 7.68. The van der Waals surface area contributed by atoms with E-state index in [0.717, 1.165) is 30.7 Å². The number of rotatable bonds is 9. The van der Waals surface area contributed by atoms with E-state index >= 15 is 0 Å². The van der Waals surface area contributed by atoms with Crippen LogP contribution in [0.15, 0.2) is 53.6 Å². The second kappa shape index (κ2) is 10.2. The third-order valence-electron chi connectivity index (χ3n) is 4.01. The molecule has 138 valence electrons. The summed E-state index contributed by atoms with van der Waals surface area (Å²) in [4.78, 5) is 11.8. The summed E-state index contributed by atoms with van der Waals surface area (Å²) in [5.41, 5.74) is 5.83. The van der Waals surface area contributed by atoms with Crippen molar-refractivity contribution >= 4 is 11.6 Å². The lowest BCUT2D eigenvalue weighted by Gasteiger charge is -2.07. The van der Waals surface area contributed by atoms with E-state index in [1.165, 1.54) is 11.1 Å². The highest BCUT2D eigenvalue weighted by molar-refractivity contribution is 5.84. The molecule has 0 aromatic heterocycles. The summed E-state index contributed by atoms with van der Waals surface area (Å²) in [6.45, 7) is 3.94. The minimum Gasteiger partial charge on any atom is -0.497 e. The number of carbonyl (C=O) groups is 1. The predicted octanol–water partition coefficient (Wildman–Crippen LogP) is 3.76. The minimum atomic E-state index is -0.270. The third kappa shape index (κ3) is 6.59. The molecule has 0 radical (unpaired) electrons. The third-order valence-corrected chi connectivity index (χ3v) is 4.01. The van der Waals surface area contributed by atoms with E-state index in [9.17, 15) is 4.79 Å². The highest BCUT2D eigenvalue weighted by Crippen LogP contribution is 2.13. The standard InChI is InChI=1S/C21H26N2O3/c1-4-17-7-13-20(14-8-17)26-15-21(24)23-22-16(2)5-6-18-9-11-19(25-3)12-10-18/h7-14H,4-6,15H2,1-3H3,(H,23,24)/b22-16-. The van der Waals surface area contributed by atoms with Gasteiger partial charge in [-0.25, -0.2) is 5.43 Å². The van der Waals surface area contributed by atoms with Crippen LogP contribution in [0.25, 0.3) is 0 Å². The molecule has 0 spiro atoms. The van der Waals surface area contributed by atoms with Crippen LogP contribution >= 0.6 is 0 Å². The maximum absolute atomic E-state index is 11.8. The molecule has 26 heavy (non-hydrogen) atoms. The zero-order chi connectivity index (χ0) is 18.8. The van der Waals surface area contributed by atoms with Gasteiger partial charge in [0.15, 0.2) is 6.61 Å². The molecule has 2 aromatic rings. The Morgan fingerprint density at radius 2 is 1.62 bits per heavy atom. The Labute approximate surface area is 155 Å². The number of benzene rings is 2. The van der Waals surface area contributed by atoms with Gasteiger partial charge in [-0.2, -0.15) is 5.10 Å². The minimum absolute atomic E-state index is 0.0548. The molecule has 0 heterocycles. The highest BCUT2D eigenvalue weighted by atomic mass is 16.5. The molecule has 1 amide bonds. The van der Waals surface area contributed by atoms with E-state index in [1.54, 1.807) is 7.11 Å². The number of methoxy groups -OCH3 is 1. The zero-order valence-corrected chi connectivity index (χ0v) is 15.6. The van der Waals surface area contributed by atoms with Gasteiger partial charge in [0.05, 0.1) is 7.11 Å². The molecule has 5 heteroatoms. The van der Waals surface area contributed by atoms with Crippen molar-refractivity contribution in [1.29, 1.82) is 0 Å². The first-order chi connectivity index (χ1) is 12.6. The van der Waals surface area contributed by atoms with Crippen LogP contribution in [0.4, 0.5) is 0 Å². The summed E-state index contributed by atoms with van der Waals surface area (Å²) in [7, 11) is 1.65. The van der Waals surface area contributed by atoms with Crippen molar-refractivity contribution in [2.45, 2.75) is 33.1 Å². The summed E-state index contributed by atoms with van der Waals surface area (Å²) in [6, 6.07) is 15.7. The van der Waals surface area contributed by atoms with Gasteiger partial charge in [0.2, 0.25) is 0 Å². The summed E-state index contributed by atoms with van der Waals surface area (Å²) in [5.74, 6) is 1.25. The number of hydrazone groups is 1. The maximum Gasteiger partial charge on any atom is 0.277 e. The smallest absolute Gasteiger partial charge is 0.277 e. The van der Waals surface area contributed by atoms with Gasteiger partial charge in [0, 0.05) is 5.71 Å². The van der Waals surface area contributed by atoms with Crippen LogP contribution in [0.2, 0.25) is 0 Å². The zero-order valence-electron chi connectivity index (χ0n) is 15.6. The maximum atomic E-state index is 11.8. The van der Waals surface area contributed by atoms with E-state index in [0.29, 0.717) is 5.75 Å². The van der Waals surface area contributed by atoms with E-state index in [-0.39, 0.29) is 12.5 Å². The number of hydrogen-bond acceptors (Lipinski definition) is 4. The van der Waals surface area contributed by atoms with Crippen LogP contribution in [-0.2, 0) is 17.6 Å². The number of nitrogens with zero attached hydrogens (tertiary/aromatic N) is 1. The van der Waals surface area contributed by atoms with Gasteiger partial charge in [0.1, 0.15) is 11.5 Å². The van der Waals surface area contributed by atoms with E-state index in [1.807, 2.05) is 55.5 Å². The Morgan fingerprint density at radius 1 is 1.00 bits per heavy atom. The highest BCUT2D eigenvalue weighted by Gasteiger charge is 2.03. The Balaban J connectivity index is 1.71. The van der Waals surface area contributed by atoms with E-state index in [4.69, 9.17) is 9.47 Å². The van der Waals surface area contributed by atoms with E-state index in [2.05, 4.69) is 17.5 Å². The molecule has 0 saturated carbocycles. The Bertz CT molecular complexity index is 722. The SMILES string of the molecule is CCc1ccc(OCC(=O)N/N=C(/C)CCc2ccc(OC)cc2)cc1. The lowest BCUT2D eigenvalue weighted by Crippen LogP contribution is -2.25. The second-order valence-electron chi connectivity index (χ2n) is 6.02. The first-order valence-electron chi connectivity index (χ1n) is 8.77. The molecule has 0 bridgehead atoms. The fraction of sp³-hybridized carbons (Fsp3) is 0.333. The van der Waals surface area contributed by atoms with Gasteiger partial charge in [-0.15, -0.1) is 0 Å². The van der Waals surface area contributed by atoms with Crippen molar-refractivity contribution < 1.29 is 14.3 Å². The fourth-order valence-electron chi connectivity index (χ4n) is 2.33. The predicted molar refractivity (Wildman–Crippen MR) is 104 cm³/mol. The number of nitrogens with one attached hydrogen (secondary N) is 1. The van der Waals surface area contributed by atoms with Gasteiger partial charge in [-0.1, -0.05) is 31.2 Å².